The highest BCUT2D eigenvalue weighted by Gasteiger charge is 2.16. The minimum Gasteiger partial charge on any atom is -0.409 e. The zero-order valence-electron chi connectivity index (χ0n) is 10.5. The van der Waals surface area contributed by atoms with Crippen molar-refractivity contribution in [1.29, 1.82) is 0 Å². The van der Waals surface area contributed by atoms with E-state index < -0.39 is 0 Å². The van der Waals surface area contributed by atoms with Gasteiger partial charge in [-0.3, -0.25) is 4.90 Å². The first-order chi connectivity index (χ1) is 8.69. The Balaban J connectivity index is 1.97. The summed E-state index contributed by atoms with van der Waals surface area (Å²) in [6, 6.07) is 7.75. The third kappa shape index (κ3) is 3.21. The van der Waals surface area contributed by atoms with Crippen LogP contribution in [0.25, 0.3) is 0 Å². The van der Waals surface area contributed by atoms with E-state index in [9.17, 15) is 0 Å². The molecule has 1 fully saturated rings. The molecule has 1 saturated heterocycles. The van der Waals surface area contributed by atoms with Gasteiger partial charge in [-0.1, -0.05) is 29.4 Å². The molecular weight excluding hydrogens is 230 g/mol. The molecular formula is C13H19N3O2. The molecule has 1 aliphatic heterocycles. The molecule has 18 heavy (non-hydrogen) atoms. The van der Waals surface area contributed by atoms with Crippen molar-refractivity contribution in [1.82, 2.24) is 4.90 Å². The van der Waals surface area contributed by atoms with E-state index in [2.05, 4.69) is 17.0 Å². The van der Waals surface area contributed by atoms with Crippen LogP contribution in [-0.4, -0.2) is 41.7 Å². The summed E-state index contributed by atoms with van der Waals surface area (Å²) in [6.45, 7) is 5.72. The van der Waals surface area contributed by atoms with E-state index >= 15 is 0 Å². The Morgan fingerprint density at radius 2 is 2.22 bits per heavy atom. The number of benzene rings is 1. The van der Waals surface area contributed by atoms with Gasteiger partial charge >= 0.3 is 0 Å². The molecule has 1 atom stereocenters. The normalized spacial score (nSPS) is 22.1. The summed E-state index contributed by atoms with van der Waals surface area (Å²) in [5.41, 5.74) is 7.47. The minimum atomic E-state index is 0.140. The summed E-state index contributed by atoms with van der Waals surface area (Å²) in [6.07, 6.45) is 0.301. The molecule has 5 heteroatoms. The number of nitrogens with zero attached hydrogens (tertiary/aromatic N) is 2. The molecule has 1 heterocycles. The topological polar surface area (TPSA) is 71.1 Å². The van der Waals surface area contributed by atoms with Crippen LogP contribution in [0.1, 0.15) is 18.1 Å². The van der Waals surface area contributed by atoms with Crippen LogP contribution >= 0.6 is 0 Å². The van der Waals surface area contributed by atoms with E-state index in [4.69, 9.17) is 15.7 Å². The molecule has 0 radical (unpaired) electrons. The van der Waals surface area contributed by atoms with Crippen LogP contribution in [0.2, 0.25) is 0 Å². The van der Waals surface area contributed by atoms with E-state index in [1.165, 1.54) is 5.56 Å². The highest BCUT2D eigenvalue weighted by molar-refractivity contribution is 5.96. The molecule has 0 saturated carbocycles. The SMILES string of the molecule is CC1CN(Cc2ccc(/C(N)=N/O)cc2)CCO1. The van der Waals surface area contributed by atoms with Crippen molar-refractivity contribution in [2.45, 2.75) is 19.6 Å². The summed E-state index contributed by atoms with van der Waals surface area (Å²) in [5, 5.41) is 11.6. The molecule has 2 rings (SSSR count). The highest BCUT2D eigenvalue weighted by atomic mass is 16.5. The summed E-state index contributed by atoms with van der Waals surface area (Å²) in [4.78, 5) is 2.37. The quantitative estimate of drug-likeness (QED) is 0.363. The molecule has 0 bridgehead atoms. The van der Waals surface area contributed by atoms with Gasteiger partial charge in [0.05, 0.1) is 12.7 Å². The smallest absolute Gasteiger partial charge is 0.170 e. The third-order valence-corrected chi connectivity index (χ3v) is 3.09. The molecule has 1 aromatic carbocycles. The van der Waals surface area contributed by atoms with Crippen LogP contribution in [0.5, 0.6) is 0 Å². The monoisotopic (exact) mass is 249 g/mol. The molecule has 5 nitrogen and oxygen atoms in total. The number of oxime groups is 1. The average molecular weight is 249 g/mol. The first kappa shape index (κ1) is 12.9. The van der Waals surface area contributed by atoms with Gasteiger partial charge in [-0.25, -0.2) is 0 Å². The number of nitrogens with two attached hydrogens (primary N) is 1. The molecule has 0 amide bonds. The maximum absolute atomic E-state index is 8.59. The van der Waals surface area contributed by atoms with Gasteiger partial charge < -0.3 is 15.7 Å². The van der Waals surface area contributed by atoms with Crippen LogP contribution < -0.4 is 5.73 Å². The summed E-state index contributed by atoms with van der Waals surface area (Å²) >= 11 is 0. The Morgan fingerprint density at radius 1 is 1.50 bits per heavy atom. The molecule has 1 unspecified atom stereocenters. The van der Waals surface area contributed by atoms with Gasteiger partial charge in [-0.2, -0.15) is 0 Å². The number of morpholine rings is 1. The second kappa shape index (κ2) is 5.84. The Kier molecular flexibility index (Phi) is 4.17. The lowest BCUT2D eigenvalue weighted by Crippen LogP contribution is -2.40. The second-order valence-electron chi connectivity index (χ2n) is 4.60. The van der Waals surface area contributed by atoms with Crippen molar-refractivity contribution >= 4 is 5.84 Å². The maximum atomic E-state index is 8.59. The zero-order chi connectivity index (χ0) is 13.0. The van der Waals surface area contributed by atoms with Crippen LogP contribution in [0, 0.1) is 0 Å². The van der Waals surface area contributed by atoms with E-state index in [0.717, 1.165) is 31.8 Å². The van der Waals surface area contributed by atoms with E-state index in [1.54, 1.807) is 0 Å². The molecule has 3 N–H and O–H groups in total. The van der Waals surface area contributed by atoms with Gasteiger partial charge in [0.15, 0.2) is 5.84 Å². The Bertz CT molecular complexity index is 417. The molecule has 1 aliphatic rings. The van der Waals surface area contributed by atoms with E-state index in [-0.39, 0.29) is 5.84 Å². The lowest BCUT2D eigenvalue weighted by molar-refractivity contribution is -0.0212. The maximum Gasteiger partial charge on any atom is 0.170 e. The second-order valence-corrected chi connectivity index (χ2v) is 4.60. The Morgan fingerprint density at radius 3 is 2.83 bits per heavy atom. The predicted octanol–water partition coefficient (Wildman–Crippen LogP) is 1.00. The van der Waals surface area contributed by atoms with Crippen molar-refractivity contribution in [3.63, 3.8) is 0 Å². The predicted molar refractivity (Wildman–Crippen MR) is 69.6 cm³/mol. The molecule has 98 valence electrons. The average Bonchev–Trinajstić information content (AvgIpc) is 2.39. The molecule has 1 aromatic rings. The number of ether oxygens (including phenoxy) is 1. The third-order valence-electron chi connectivity index (χ3n) is 3.09. The highest BCUT2D eigenvalue weighted by Crippen LogP contribution is 2.11. The summed E-state index contributed by atoms with van der Waals surface area (Å²) in [5.74, 6) is 0.140. The van der Waals surface area contributed by atoms with Gasteiger partial charge in [-0.15, -0.1) is 0 Å². The van der Waals surface area contributed by atoms with E-state index in [0.29, 0.717) is 6.10 Å². The van der Waals surface area contributed by atoms with Crippen LogP contribution in [-0.2, 0) is 11.3 Å². The van der Waals surface area contributed by atoms with Crippen LogP contribution in [0.3, 0.4) is 0 Å². The lowest BCUT2D eigenvalue weighted by Gasteiger charge is -2.31. The lowest BCUT2D eigenvalue weighted by atomic mass is 10.1. The first-order valence-corrected chi connectivity index (χ1v) is 6.10. The van der Waals surface area contributed by atoms with Gasteiger partial charge in [0, 0.05) is 25.2 Å². The molecule has 0 aliphatic carbocycles. The Hall–Kier alpha value is -1.59. The van der Waals surface area contributed by atoms with Gasteiger partial charge in [0.25, 0.3) is 0 Å². The van der Waals surface area contributed by atoms with Gasteiger partial charge in [0.2, 0.25) is 0 Å². The van der Waals surface area contributed by atoms with Crippen molar-refractivity contribution in [2.75, 3.05) is 19.7 Å². The fourth-order valence-corrected chi connectivity index (χ4v) is 2.13. The molecule has 0 aromatic heterocycles. The fraction of sp³-hybridized carbons (Fsp3) is 0.462. The largest absolute Gasteiger partial charge is 0.409 e. The van der Waals surface area contributed by atoms with Crippen molar-refractivity contribution < 1.29 is 9.94 Å². The van der Waals surface area contributed by atoms with Crippen molar-refractivity contribution in [3.05, 3.63) is 35.4 Å². The summed E-state index contributed by atoms with van der Waals surface area (Å²) in [7, 11) is 0. The van der Waals surface area contributed by atoms with Gasteiger partial charge in [-0.05, 0) is 12.5 Å². The van der Waals surface area contributed by atoms with E-state index in [1.807, 2.05) is 24.3 Å². The van der Waals surface area contributed by atoms with Gasteiger partial charge in [0.1, 0.15) is 0 Å². The zero-order valence-corrected chi connectivity index (χ0v) is 10.5. The number of hydrogen-bond donors (Lipinski definition) is 2. The number of amidine groups is 1. The fourth-order valence-electron chi connectivity index (χ4n) is 2.13. The number of hydrogen-bond acceptors (Lipinski definition) is 4. The summed E-state index contributed by atoms with van der Waals surface area (Å²) < 4.78 is 5.51. The standard InChI is InChI=1S/C13H19N3O2/c1-10-8-16(6-7-18-10)9-11-2-4-12(5-3-11)13(14)15-17/h2-5,10,17H,6-9H2,1H3,(H2,14,15). The first-order valence-electron chi connectivity index (χ1n) is 6.10. The van der Waals surface area contributed by atoms with Crippen molar-refractivity contribution in [3.8, 4) is 0 Å². The van der Waals surface area contributed by atoms with Crippen LogP contribution in [0.4, 0.5) is 0 Å². The minimum absolute atomic E-state index is 0.140. The number of rotatable bonds is 3. The molecule has 0 spiro atoms. The van der Waals surface area contributed by atoms with Crippen LogP contribution in [0.15, 0.2) is 29.4 Å². The Labute approximate surface area is 107 Å². The van der Waals surface area contributed by atoms with Crippen molar-refractivity contribution in [2.24, 2.45) is 10.9 Å².